The summed E-state index contributed by atoms with van der Waals surface area (Å²) in [5.74, 6) is 0. The number of thioether (sulfide) groups is 1. The number of hydrogen-bond acceptors (Lipinski definition) is 4. The molecule has 1 saturated heterocycles. The number of aromatic amines is 1. The number of hydrogen-bond donors (Lipinski definition) is 1. The Morgan fingerprint density at radius 1 is 1.09 bits per heavy atom. The van der Waals surface area contributed by atoms with Gasteiger partial charge in [-0.15, -0.1) is 11.8 Å². The molecule has 1 fully saturated rings. The number of benzene rings is 1. The fraction of sp³-hybridized carbons (Fsp3) is 0.471. The van der Waals surface area contributed by atoms with Crippen molar-refractivity contribution in [2.24, 2.45) is 0 Å². The normalized spacial score (nSPS) is 16.2. The van der Waals surface area contributed by atoms with Gasteiger partial charge in [0.15, 0.2) is 0 Å². The Morgan fingerprint density at radius 2 is 1.77 bits per heavy atom. The van der Waals surface area contributed by atoms with Gasteiger partial charge in [-0.05, 0) is 37.8 Å². The van der Waals surface area contributed by atoms with E-state index in [4.69, 9.17) is 0 Å². The molecule has 22 heavy (non-hydrogen) atoms. The van der Waals surface area contributed by atoms with Crippen LogP contribution in [-0.4, -0.2) is 47.5 Å². The quantitative estimate of drug-likeness (QED) is 0.879. The zero-order valence-corrected chi connectivity index (χ0v) is 14.4. The van der Waals surface area contributed by atoms with E-state index in [1.165, 1.54) is 21.8 Å². The van der Waals surface area contributed by atoms with Gasteiger partial charge >= 0.3 is 0 Å². The van der Waals surface area contributed by atoms with Gasteiger partial charge in [-0.2, -0.15) is 5.10 Å². The highest BCUT2D eigenvalue weighted by atomic mass is 32.2. The molecule has 5 heteroatoms. The van der Waals surface area contributed by atoms with Crippen LogP contribution >= 0.6 is 11.8 Å². The largest absolute Gasteiger partial charge is 0.366 e. The first kappa shape index (κ1) is 15.4. The molecule has 3 rings (SSSR count). The van der Waals surface area contributed by atoms with E-state index in [1.807, 2.05) is 0 Å². The van der Waals surface area contributed by atoms with E-state index in [9.17, 15) is 0 Å². The molecule has 1 aliphatic heterocycles. The average Bonchev–Trinajstić information content (AvgIpc) is 2.88. The maximum absolute atomic E-state index is 4.31. The number of nitrogens with zero attached hydrogens (tertiary/aromatic N) is 3. The monoisotopic (exact) mass is 316 g/mol. The van der Waals surface area contributed by atoms with Crippen molar-refractivity contribution in [2.45, 2.75) is 25.3 Å². The molecule has 1 aromatic carbocycles. The summed E-state index contributed by atoms with van der Waals surface area (Å²) >= 11 is 1.80. The van der Waals surface area contributed by atoms with Crippen molar-refractivity contribution in [1.29, 1.82) is 0 Å². The molecular weight excluding hydrogens is 292 g/mol. The summed E-state index contributed by atoms with van der Waals surface area (Å²) < 4.78 is 0. The highest BCUT2D eigenvalue weighted by Gasteiger charge is 2.21. The molecule has 0 bridgehead atoms. The van der Waals surface area contributed by atoms with Gasteiger partial charge in [-0.1, -0.05) is 12.1 Å². The number of anilines is 1. The van der Waals surface area contributed by atoms with Crippen LogP contribution in [0.1, 0.15) is 17.0 Å². The number of rotatable bonds is 4. The van der Waals surface area contributed by atoms with Gasteiger partial charge < -0.3 is 4.90 Å². The van der Waals surface area contributed by atoms with Crippen LogP contribution in [0.2, 0.25) is 0 Å². The van der Waals surface area contributed by atoms with E-state index in [0.29, 0.717) is 0 Å². The van der Waals surface area contributed by atoms with E-state index < -0.39 is 0 Å². The second kappa shape index (κ2) is 6.75. The van der Waals surface area contributed by atoms with Crippen molar-refractivity contribution in [3.8, 4) is 0 Å². The Labute approximate surface area is 136 Å². The lowest BCUT2D eigenvalue weighted by atomic mass is 10.2. The minimum Gasteiger partial charge on any atom is -0.366 e. The van der Waals surface area contributed by atoms with Gasteiger partial charge in [0.1, 0.15) is 0 Å². The fourth-order valence-corrected chi connectivity index (χ4v) is 3.54. The first-order valence-corrected chi connectivity index (χ1v) is 9.01. The highest BCUT2D eigenvalue weighted by molar-refractivity contribution is 7.98. The number of piperazine rings is 1. The molecule has 0 radical (unpaired) electrons. The van der Waals surface area contributed by atoms with Crippen molar-refractivity contribution in [3.63, 3.8) is 0 Å². The molecule has 1 aromatic heterocycles. The van der Waals surface area contributed by atoms with E-state index >= 15 is 0 Å². The minimum atomic E-state index is 1.05. The van der Waals surface area contributed by atoms with E-state index in [1.54, 1.807) is 11.8 Å². The van der Waals surface area contributed by atoms with Crippen LogP contribution in [0, 0.1) is 13.8 Å². The van der Waals surface area contributed by atoms with Gasteiger partial charge in [0.25, 0.3) is 0 Å². The maximum atomic E-state index is 4.31. The topological polar surface area (TPSA) is 35.2 Å². The summed E-state index contributed by atoms with van der Waals surface area (Å²) in [5, 5.41) is 7.40. The van der Waals surface area contributed by atoms with Crippen LogP contribution < -0.4 is 4.90 Å². The Bertz CT molecular complexity index is 593. The molecule has 4 nitrogen and oxygen atoms in total. The first-order chi connectivity index (χ1) is 10.7. The highest BCUT2D eigenvalue weighted by Crippen LogP contribution is 2.24. The summed E-state index contributed by atoms with van der Waals surface area (Å²) in [6, 6.07) is 8.94. The third kappa shape index (κ3) is 3.31. The zero-order valence-electron chi connectivity index (χ0n) is 13.6. The van der Waals surface area contributed by atoms with Gasteiger partial charge in [0, 0.05) is 37.6 Å². The van der Waals surface area contributed by atoms with Crippen LogP contribution in [-0.2, 0) is 6.54 Å². The predicted octanol–water partition coefficient (Wildman–Crippen LogP) is 3.07. The summed E-state index contributed by atoms with van der Waals surface area (Å²) in [7, 11) is 0. The van der Waals surface area contributed by atoms with Crippen LogP contribution in [0.3, 0.4) is 0 Å². The van der Waals surface area contributed by atoms with Crippen LogP contribution in [0.4, 0.5) is 5.69 Å². The Hall–Kier alpha value is -1.46. The second-order valence-electron chi connectivity index (χ2n) is 5.89. The lowest BCUT2D eigenvalue weighted by molar-refractivity contribution is 0.249. The average molecular weight is 316 g/mol. The molecule has 1 aliphatic rings. The Morgan fingerprint density at radius 3 is 2.32 bits per heavy atom. The summed E-state index contributed by atoms with van der Waals surface area (Å²) in [5.41, 5.74) is 4.99. The van der Waals surface area contributed by atoms with Crippen molar-refractivity contribution >= 4 is 17.4 Å². The third-order valence-electron chi connectivity index (χ3n) is 4.34. The van der Waals surface area contributed by atoms with Gasteiger partial charge in [0.2, 0.25) is 0 Å². The molecule has 0 amide bonds. The Balaban J connectivity index is 1.57. The molecule has 1 N–H and O–H groups in total. The molecule has 2 aromatic rings. The lowest BCUT2D eigenvalue weighted by Gasteiger charge is -2.36. The number of aromatic nitrogens is 2. The van der Waals surface area contributed by atoms with Gasteiger partial charge in [0.05, 0.1) is 17.1 Å². The van der Waals surface area contributed by atoms with Crippen LogP contribution in [0.25, 0.3) is 0 Å². The standard InChI is InChI=1S/C17H24N4S/c1-13-17(14(2)19-18-13)21-10-8-20(9-11-21)12-15-4-6-16(22-3)7-5-15/h4-7H,8-12H2,1-3H3,(H,18,19). The maximum Gasteiger partial charge on any atom is 0.0827 e. The molecule has 0 aliphatic carbocycles. The molecule has 0 unspecified atom stereocenters. The second-order valence-corrected chi connectivity index (χ2v) is 6.77. The van der Waals surface area contributed by atoms with E-state index in [0.717, 1.165) is 38.4 Å². The molecule has 0 saturated carbocycles. The van der Waals surface area contributed by atoms with Crippen molar-refractivity contribution in [3.05, 3.63) is 41.2 Å². The minimum absolute atomic E-state index is 1.05. The zero-order chi connectivity index (χ0) is 15.5. The number of H-pyrrole nitrogens is 1. The summed E-state index contributed by atoms with van der Waals surface area (Å²) in [4.78, 5) is 6.33. The van der Waals surface area contributed by atoms with Crippen molar-refractivity contribution in [2.75, 3.05) is 37.3 Å². The summed E-state index contributed by atoms with van der Waals surface area (Å²) in [6.07, 6.45) is 2.12. The molecular formula is C17H24N4S. The molecule has 2 heterocycles. The smallest absolute Gasteiger partial charge is 0.0827 e. The molecule has 0 atom stereocenters. The van der Waals surface area contributed by atoms with E-state index in [2.05, 4.69) is 64.4 Å². The van der Waals surface area contributed by atoms with Gasteiger partial charge in [-0.25, -0.2) is 0 Å². The fourth-order valence-electron chi connectivity index (χ4n) is 3.13. The van der Waals surface area contributed by atoms with E-state index in [-0.39, 0.29) is 0 Å². The third-order valence-corrected chi connectivity index (χ3v) is 5.09. The Kier molecular flexibility index (Phi) is 4.74. The van der Waals surface area contributed by atoms with Crippen molar-refractivity contribution in [1.82, 2.24) is 15.1 Å². The molecule has 118 valence electrons. The first-order valence-electron chi connectivity index (χ1n) is 7.79. The van der Waals surface area contributed by atoms with Crippen molar-refractivity contribution < 1.29 is 0 Å². The lowest BCUT2D eigenvalue weighted by Crippen LogP contribution is -2.46. The molecule has 0 spiro atoms. The van der Waals surface area contributed by atoms with Crippen LogP contribution in [0.15, 0.2) is 29.2 Å². The SMILES string of the molecule is CSc1ccc(CN2CCN(c3c(C)n[nH]c3C)CC2)cc1. The van der Waals surface area contributed by atoms with Crippen LogP contribution in [0.5, 0.6) is 0 Å². The number of nitrogens with one attached hydrogen (secondary N) is 1. The predicted molar refractivity (Wildman–Crippen MR) is 93.8 cm³/mol. The number of aryl methyl sites for hydroxylation is 2. The van der Waals surface area contributed by atoms with Gasteiger partial charge in [-0.3, -0.25) is 10.00 Å². The summed E-state index contributed by atoms with van der Waals surface area (Å²) in [6.45, 7) is 9.59.